The number of ketones is 2. The maximum absolute atomic E-state index is 13.4. The minimum absolute atomic E-state index is 0.0215. The number of halogens is 2. The van der Waals surface area contributed by atoms with Crippen LogP contribution in [0.1, 0.15) is 50.0 Å². The molecule has 0 saturated heterocycles. The molecule has 1 heterocycles. The number of methoxy groups -OCH3 is 1. The van der Waals surface area contributed by atoms with Crippen molar-refractivity contribution in [1.29, 1.82) is 0 Å². The summed E-state index contributed by atoms with van der Waals surface area (Å²) in [5.74, 6) is -0.369. The minimum Gasteiger partial charge on any atom is -0.504 e. The molecule has 0 saturated carbocycles. The molecule has 5 rings (SSSR count). The molecule has 3 aliphatic rings. The van der Waals surface area contributed by atoms with Crippen molar-refractivity contribution < 1.29 is 19.4 Å². The van der Waals surface area contributed by atoms with Gasteiger partial charge in [0.05, 0.1) is 7.11 Å². The molecule has 2 aromatic rings. The monoisotopic (exact) mass is 483 g/mol. The number of nitrogens with zero attached hydrogens (tertiary/aromatic N) is 1. The number of allylic oxidation sites excluding steroid dienone is 4. The molecule has 1 aliphatic heterocycles. The third-order valence-corrected chi connectivity index (χ3v) is 7.25. The Kier molecular flexibility index (Phi) is 5.71. The van der Waals surface area contributed by atoms with Crippen molar-refractivity contribution in [3.8, 4) is 11.5 Å². The number of phenolic OH excluding ortho intramolecular Hbond substituents is 1. The van der Waals surface area contributed by atoms with Gasteiger partial charge in [0.15, 0.2) is 23.1 Å². The van der Waals surface area contributed by atoms with E-state index in [9.17, 15) is 14.7 Å². The number of hydrogen-bond donors (Lipinski definition) is 1. The molecular formula is C26H23Cl2NO4. The van der Waals surface area contributed by atoms with Crippen LogP contribution in [0.3, 0.4) is 0 Å². The third-order valence-electron chi connectivity index (χ3n) is 6.67. The highest BCUT2D eigenvalue weighted by Crippen LogP contribution is 2.52. The fraction of sp³-hybridized carbons (Fsp3) is 0.308. The van der Waals surface area contributed by atoms with E-state index in [1.165, 1.54) is 13.2 Å². The van der Waals surface area contributed by atoms with Crippen LogP contribution in [0.5, 0.6) is 11.5 Å². The number of benzene rings is 2. The highest BCUT2D eigenvalue weighted by atomic mass is 35.5. The molecule has 0 unspecified atom stereocenters. The molecule has 2 aliphatic carbocycles. The van der Waals surface area contributed by atoms with Crippen LogP contribution in [-0.2, 0) is 9.59 Å². The van der Waals surface area contributed by atoms with Gasteiger partial charge in [-0.25, -0.2) is 0 Å². The van der Waals surface area contributed by atoms with E-state index >= 15 is 0 Å². The van der Waals surface area contributed by atoms with E-state index in [1.54, 1.807) is 6.07 Å². The second kappa shape index (κ2) is 8.54. The summed E-state index contributed by atoms with van der Waals surface area (Å²) >= 11 is 12.7. The maximum atomic E-state index is 13.4. The first-order chi connectivity index (χ1) is 15.9. The standard InChI is InChI=1S/C26H23Cl2NO4/c1-33-23-12-16(17(28)13-22(23)32)24-25-18(4-2-6-20(25)30)29(15-10-8-14(27)9-11-15)19-5-3-7-21(31)26(19)24/h8-13,24,32H,2-7H2,1H3. The predicted molar refractivity (Wildman–Crippen MR) is 128 cm³/mol. The van der Waals surface area contributed by atoms with Crippen LogP contribution in [-0.4, -0.2) is 23.8 Å². The van der Waals surface area contributed by atoms with E-state index in [0.29, 0.717) is 39.6 Å². The summed E-state index contributed by atoms with van der Waals surface area (Å²) in [5, 5.41) is 11.1. The molecule has 0 spiro atoms. The van der Waals surface area contributed by atoms with Crippen molar-refractivity contribution in [1.82, 2.24) is 0 Å². The Morgan fingerprint density at radius 2 is 1.48 bits per heavy atom. The summed E-state index contributed by atoms with van der Waals surface area (Å²) in [4.78, 5) is 28.9. The zero-order chi connectivity index (χ0) is 23.3. The number of carbonyl (C=O) groups excluding carboxylic acids is 2. The third kappa shape index (κ3) is 3.64. The lowest BCUT2D eigenvalue weighted by atomic mass is 9.70. The van der Waals surface area contributed by atoms with Gasteiger partial charge in [0.25, 0.3) is 0 Å². The van der Waals surface area contributed by atoms with Gasteiger partial charge >= 0.3 is 0 Å². The number of rotatable bonds is 3. The average Bonchev–Trinajstić information content (AvgIpc) is 2.79. The topological polar surface area (TPSA) is 66.8 Å². The Bertz CT molecular complexity index is 1190. The van der Waals surface area contributed by atoms with Crippen molar-refractivity contribution in [3.63, 3.8) is 0 Å². The van der Waals surface area contributed by atoms with Crippen molar-refractivity contribution in [2.24, 2.45) is 0 Å². The van der Waals surface area contributed by atoms with Crippen LogP contribution in [0.25, 0.3) is 0 Å². The first-order valence-corrected chi connectivity index (χ1v) is 11.8. The Morgan fingerprint density at radius 3 is 2.03 bits per heavy atom. The molecule has 0 bridgehead atoms. The average molecular weight is 484 g/mol. The molecule has 0 amide bonds. The fourth-order valence-corrected chi connectivity index (χ4v) is 5.67. The number of hydrogen-bond acceptors (Lipinski definition) is 5. The molecule has 0 aromatic heterocycles. The van der Waals surface area contributed by atoms with Crippen LogP contribution in [0.4, 0.5) is 5.69 Å². The van der Waals surface area contributed by atoms with Gasteiger partial charge in [-0.15, -0.1) is 0 Å². The van der Waals surface area contributed by atoms with E-state index in [0.717, 1.165) is 42.8 Å². The van der Waals surface area contributed by atoms with Crippen LogP contribution < -0.4 is 9.64 Å². The quantitative estimate of drug-likeness (QED) is 0.552. The number of carbonyl (C=O) groups is 2. The summed E-state index contributed by atoms with van der Waals surface area (Å²) in [6.07, 6.45) is 3.78. The van der Waals surface area contributed by atoms with Crippen LogP contribution in [0.2, 0.25) is 10.0 Å². The molecule has 7 heteroatoms. The molecule has 0 radical (unpaired) electrons. The number of Topliss-reactive ketones (excluding diaryl/α,β-unsaturated/α-hetero) is 2. The number of phenols is 1. The summed E-state index contributed by atoms with van der Waals surface area (Å²) in [6, 6.07) is 10.6. The number of ether oxygens (including phenoxy) is 1. The largest absolute Gasteiger partial charge is 0.504 e. The molecule has 0 atom stereocenters. The molecule has 170 valence electrons. The summed E-state index contributed by atoms with van der Waals surface area (Å²) in [7, 11) is 1.46. The summed E-state index contributed by atoms with van der Waals surface area (Å²) < 4.78 is 5.33. The van der Waals surface area contributed by atoms with Crippen molar-refractivity contribution in [3.05, 3.63) is 74.5 Å². The van der Waals surface area contributed by atoms with Gasteiger partial charge in [-0.3, -0.25) is 9.59 Å². The lowest BCUT2D eigenvalue weighted by molar-refractivity contribution is -0.116. The second-order valence-electron chi connectivity index (χ2n) is 8.56. The van der Waals surface area contributed by atoms with Crippen molar-refractivity contribution in [2.45, 2.75) is 44.4 Å². The van der Waals surface area contributed by atoms with Gasteiger partial charge in [0.2, 0.25) is 0 Å². The first-order valence-electron chi connectivity index (χ1n) is 11.0. The van der Waals surface area contributed by atoms with Gasteiger partial charge in [-0.2, -0.15) is 0 Å². The van der Waals surface area contributed by atoms with Crippen LogP contribution in [0, 0.1) is 0 Å². The van der Waals surface area contributed by atoms with Crippen LogP contribution >= 0.6 is 23.2 Å². The van der Waals surface area contributed by atoms with Crippen LogP contribution in [0.15, 0.2) is 58.9 Å². The SMILES string of the molecule is COc1cc(C2C3=C(CCCC3=O)N(c3ccc(Cl)cc3)C3=C2C(=O)CCC3)c(Cl)cc1O. The molecule has 2 aromatic carbocycles. The van der Waals surface area contributed by atoms with E-state index in [1.807, 2.05) is 24.3 Å². The predicted octanol–water partition coefficient (Wildman–Crippen LogP) is 6.33. The zero-order valence-electron chi connectivity index (χ0n) is 18.2. The second-order valence-corrected chi connectivity index (χ2v) is 9.41. The molecule has 5 nitrogen and oxygen atoms in total. The van der Waals surface area contributed by atoms with Gasteiger partial charge < -0.3 is 14.7 Å². The number of anilines is 1. The molecule has 1 N–H and O–H groups in total. The van der Waals surface area contributed by atoms with E-state index in [-0.39, 0.29) is 23.1 Å². The van der Waals surface area contributed by atoms with Gasteiger partial charge in [0.1, 0.15) is 0 Å². The lowest BCUT2D eigenvalue weighted by Gasteiger charge is -2.44. The van der Waals surface area contributed by atoms with Crippen molar-refractivity contribution in [2.75, 3.05) is 12.0 Å². The van der Waals surface area contributed by atoms with Crippen molar-refractivity contribution >= 4 is 40.5 Å². The lowest BCUT2D eigenvalue weighted by Crippen LogP contribution is -2.39. The van der Waals surface area contributed by atoms with Gasteiger partial charge in [0, 0.05) is 63.1 Å². The summed E-state index contributed by atoms with van der Waals surface area (Å²) in [6.45, 7) is 0. The summed E-state index contributed by atoms with van der Waals surface area (Å²) in [5.41, 5.74) is 4.54. The Hall–Kier alpha value is -2.76. The smallest absolute Gasteiger partial charge is 0.161 e. The maximum Gasteiger partial charge on any atom is 0.161 e. The Balaban J connectivity index is 1.80. The molecular weight excluding hydrogens is 461 g/mol. The Labute approximate surface area is 202 Å². The number of aromatic hydroxyl groups is 1. The minimum atomic E-state index is -0.582. The fourth-order valence-electron chi connectivity index (χ4n) is 5.28. The van der Waals surface area contributed by atoms with Gasteiger partial charge in [-0.05, 0) is 61.6 Å². The molecule has 33 heavy (non-hydrogen) atoms. The molecule has 0 fully saturated rings. The highest BCUT2D eigenvalue weighted by Gasteiger charge is 2.44. The Morgan fingerprint density at radius 1 is 0.909 bits per heavy atom. The van der Waals surface area contributed by atoms with E-state index < -0.39 is 5.92 Å². The highest BCUT2D eigenvalue weighted by molar-refractivity contribution is 6.32. The van der Waals surface area contributed by atoms with Gasteiger partial charge in [-0.1, -0.05) is 23.2 Å². The van der Waals surface area contributed by atoms with E-state index in [2.05, 4.69) is 4.90 Å². The zero-order valence-corrected chi connectivity index (χ0v) is 19.7. The normalized spacial score (nSPS) is 19.1. The van der Waals surface area contributed by atoms with E-state index in [4.69, 9.17) is 27.9 Å². The first kappa shape index (κ1) is 22.1.